The Morgan fingerprint density at radius 3 is 1.53 bits per heavy atom. The fourth-order valence-corrected chi connectivity index (χ4v) is 5.17. The summed E-state index contributed by atoms with van der Waals surface area (Å²) >= 11 is 0. The Kier molecular flexibility index (Phi) is 17.2. The van der Waals surface area contributed by atoms with E-state index in [2.05, 4.69) is 35.1 Å². The summed E-state index contributed by atoms with van der Waals surface area (Å²) in [6.07, 6.45) is 8.32. The molecule has 0 unspecified atom stereocenters. The number of aryl methyl sites for hydroxylation is 1. The van der Waals surface area contributed by atoms with Gasteiger partial charge < -0.3 is 30.7 Å². The summed E-state index contributed by atoms with van der Waals surface area (Å²) in [6.45, 7) is 6.64. The molecule has 0 heterocycles. The van der Waals surface area contributed by atoms with E-state index >= 15 is 0 Å². The second-order valence-corrected chi connectivity index (χ2v) is 12.2. The second kappa shape index (κ2) is 21.9. The molecule has 3 rings (SSSR count). The number of unbranched alkanes of at least 4 members (excludes halogenated alkanes) is 6. The van der Waals surface area contributed by atoms with Gasteiger partial charge in [0.25, 0.3) is 0 Å². The van der Waals surface area contributed by atoms with Crippen LogP contribution in [-0.2, 0) is 31.9 Å². The number of esters is 2. The zero-order valence-electron chi connectivity index (χ0n) is 29.1. The molecule has 3 aromatic carbocycles. The fourth-order valence-electron chi connectivity index (χ4n) is 5.17. The molecule has 0 radical (unpaired) electrons. The molecule has 10 nitrogen and oxygen atoms in total. The lowest BCUT2D eigenvalue weighted by Gasteiger charge is -2.20. The van der Waals surface area contributed by atoms with Crippen molar-refractivity contribution in [2.75, 3.05) is 23.8 Å². The Labute approximate surface area is 290 Å². The highest BCUT2D eigenvalue weighted by Gasteiger charge is 2.25. The molecule has 0 aliphatic rings. The summed E-state index contributed by atoms with van der Waals surface area (Å²) in [5.74, 6) is -0.994. The molecule has 10 heteroatoms. The zero-order chi connectivity index (χ0) is 35.3. The number of nitrogens with one attached hydrogen (secondary N) is 4. The van der Waals surface area contributed by atoms with Crippen molar-refractivity contribution in [2.45, 2.75) is 97.1 Å². The lowest BCUT2D eigenvalue weighted by atomic mass is 10.1. The molecule has 4 amide bonds. The van der Waals surface area contributed by atoms with Crippen molar-refractivity contribution < 1.29 is 28.7 Å². The molecule has 0 fully saturated rings. The predicted molar refractivity (Wildman–Crippen MR) is 194 cm³/mol. The van der Waals surface area contributed by atoms with E-state index in [0.29, 0.717) is 24.6 Å². The normalized spacial score (nSPS) is 11.9. The molecule has 0 saturated heterocycles. The van der Waals surface area contributed by atoms with Gasteiger partial charge in [-0.15, -0.1) is 0 Å². The van der Waals surface area contributed by atoms with E-state index in [1.807, 2.05) is 67.6 Å². The predicted octanol–water partition coefficient (Wildman–Crippen LogP) is 7.71. The second-order valence-electron chi connectivity index (χ2n) is 12.2. The maximum absolute atomic E-state index is 13.2. The van der Waals surface area contributed by atoms with Crippen LogP contribution in [0.4, 0.5) is 21.0 Å². The molecule has 3 aromatic rings. The Balaban J connectivity index is 1.63. The Morgan fingerprint density at radius 2 is 1.06 bits per heavy atom. The van der Waals surface area contributed by atoms with Crippen LogP contribution in [0.25, 0.3) is 0 Å². The highest BCUT2D eigenvalue weighted by molar-refractivity contribution is 5.96. The highest BCUT2D eigenvalue weighted by atomic mass is 16.5. The van der Waals surface area contributed by atoms with Crippen molar-refractivity contribution in [1.29, 1.82) is 0 Å². The first-order chi connectivity index (χ1) is 23.8. The molecule has 0 aromatic heterocycles. The van der Waals surface area contributed by atoms with Crippen molar-refractivity contribution >= 4 is 35.4 Å². The molecular weight excluding hydrogens is 620 g/mol. The van der Waals surface area contributed by atoms with Gasteiger partial charge in [0.05, 0.1) is 13.2 Å². The first-order valence-electron chi connectivity index (χ1n) is 17.5. The van der Waals surface area contributed by atoms with E-state index in [9.17, 15) is 19.2 Å². The molecule has 49 heavy (non-hydrogen) atoms. The fraction of sp³-hybridized carbons (Fsp3) is 0.436. The Morgan fingerprint density at radius 1 is 0.592 bits per heavy atom. The van der Waals surface area contributed by atoms with Gasteiger partial charge in [0, 0.05) is 24.2 Å². The van der Waals surface area contributed by atoms with Crippen molar-refractivity contribution in [3.63, 3.8) is 0 Å². The maximum Gasteiger partial charge on any atom is 0.329 e. The summed E-state index contributed by atoms with van der Waals surface area (Å²) in [7, 11) is 0. The van der Waals surface area contributed by atoms with E-state index in [0.717, 1.165) is 68.1 Å². The van der Waals surface area contributed by atoms with Gasteiger partial charge >= 0.3 is 24.0 Å². The number of anilines is 2. The third kappa shape index (κ3) is 14.8. The topological polar surface area (TPSA) is 135 Å². The standard InChI is InChI=1S/C39H52N4O6/c1-4-6-8-16-24-48-36(44)34(26-30-18-12-10-13-19-30)42-38(46)40-32-23-22-29(3)33(28-32)41-39(47)43-35(27-31-20-14-11-15-21-31)37(45)49-25-17-9-7-5-2/h10-15,18-23,28,34-35H,4-9,16-17,24-27H2,1-3H3,(H2,40,42,46)(H2,41,43,47)/t34-,35-/m0/s1. The third-order valence-corrected chi connectivity index (χ3v) is 7.97. The van der Waals surface area contributed by atoms with E-state index in [1.165, 1.54) is 0 Å². The van der Waals surface area contributed by atoms with Crippen LogP contribution >= 0.6 is 0 Å². The molecule has 4 N–H and O–H groups in total. The summed E-state index contributed by atoms with van der Waals surface area (Å²) in [5.41, 5.74) is 3.35. The van der Waals surface area contributed by atoms with Crippen LogP contribution < -0.4 is 21.3 Å². The summed E-state index contributed by atoms with van der Waals surface area (Å²) in [4.78, 5) is 52.3. The highest BCUT2D eigenvalue weighted by Crippen LogP contribution is 2.21. The summed E-state index contributed by atoms with van der Waals surface area (Å²) in [6, 6.07) is 21.0. The number of ether oxygens (including phenoxy) is 2. The van der Waals surface area contributed by atoms with E-state index in [-0.39, 0.29) is 12.8 Å². The van der Waals surface area contributed by atoms with Crippen LogP contribution in [0.2, 0.25) is 0 Å². The number of amides is 4. The Bertz CT molecular complexity index is 1450. The minimum atomic E-state index is -0.895. The number of carbonyl (C=O) groups excluding carboxylic acids is 4. The first-order valence-corrected chi connectivity index (χ1v) is 17.5. The van der Waals surface area contributed by atoms with Gasteiger partial charge in [-0.25, -0.2) is 19.2 Å². The smallest absolute Gasteiger partial charge is 0.329 e. The number of rotatable bonds is 20. The number of carbonyl (C=O) groups is 4. The van der Waals surface area contributed by atoms with Crippen molar-refractivity contribution in [2.24, 2.45) is 0 Å². The van der Waals surface area contributed by atoms with E-state index < -0.39 is 36.1 Å². The van der Waals surface area contributed by atoms with Gasteiger partial charge in [0.15, 0.2) is 0 Å². The van der Waals surface area contributed by atoms with Gasteiger partial charge in [-0.05, 0) is 48.6 Å². The molecule has 0 saturated carbocycles. The first kappa shape index (κ1) is 38.6. The van der Waals surface area contributed by atoms with Crippen molar-refractivity contribution in [1.82, 2.24) is 10.6 Å². The molecule has 0 aliphatic carbocycles. The van der Waals surface area contributed by atoms with Gasteiger partial charge in [0.1, 0.15) is 12.1 Å². The lowest BCUT2D eigenvalue weighted by molar-refractivity contribution is -0.146. The summed E-state index contributed by atoms with van der Waals surface area (Å²) < 4.78 is 11.0. The van der Waals surface area contributed by atoms with Gasteiger partial charge in [-0.2, -0.15) is 0 Å². The van der Waals surface area contributed by atoms with Gasteiger partial charge in [-0.1, -0.05) is 119 Å². The number of hydrogen-bond donors (Lipinski definition) is 4. The average Bonchev–Trinajstić information content (AvgIpc) is 3.09. The van der Waals surface area contributed by atoms with Crippen LogP contribution in [-0.4, -0.2) is 49.3 Å². The van der Waals surface area contributed by atoms with Crippen molar-refractivity contribution in [3.8, 4) is 0 Å². The number of benzene rings is 3. The quantitative estimate of drug-likeness (QED) is 0.0718. The lowest BCUT2D eigenvalue weighted by Crippen LogP contribution is -2.45. The maximum atomic E-state index is 13.2. The largest absolute Gasteiger partial charge is 0.464 e. The minimum Gasteiger partial charge on any atom is -0.464 e. The number of urea groups is 2. The van der Waals surface area contributed by atoms with Crippen molar-refractivity contribution in [3.05, 3.63) is 95.6 Å². The van der Waals surface area contributed by atoms with Crippen LogP contribution in [0.15, 0.2) is 78.9 Å². The van der Waals surface area contributed by atoms with Gasteiger partial charge in [-0.3, -0.25) is 0 Å². The number of hydrogen-bond acceptors (Lipinski definition) is 6. The van der Waals surface area contributed by atoms with Crippen LogP contribution in [0.3, 0.4) is 0 Å². The molecular formula is C39H52N4O6. The molecule has 264 valence electrons. The SMILES string of the molecule is CCCCCCOC(=O)[C@H](Cc1ccccc1)NC(=O)Nc1ccc(C)c(NC(=O)N[C@@H](Cc2ccccc2)C(=O)OCCCCCC)c1. The monoisotopic (exact) mass is 672 g/mol. The molecule has 0 aliphatic heterocycles. The Hall–Kier alpha value is -4.86. The molecule has 0 spiro atoms. The van der Waals surface area contributed by atoms with Crippen LogP contribution in [0.1, 0.15) is 81.9 Å². The minimum absolute atomic E-state index is 0.272. The van der Waals surface area contributed by atoms with Gasteiger partial charge in [0.2, 0.25) is 0 Å². The zero-order valence-corrected chi connectivity index (χ0v) is 29.1. The third-order valence-electron chi connectivity index (χ3n) is 7.97. The van der Waals surface area contributed by atoms with Crippen LogP contribution in [0, 0.1) is 6.92 Å². The molecule has 2 atom stereocenters. The summed E-state index contributed by atoms with van der Waals surface area (Å²) in [5, 5.41) is 11.1. The van der Waals surface area contributed by atoms with E-state index in [4.69, 9.17) is 9.47 Å². The average molecular weight is 673 g/mol. The molecule has 0 bridgehead atoms. The van der Waals surface area contributed by atoms with E-state index in [1.54, 1.807) is 18.2 Å². The van der Waals surface area contributed by atoms with Crippen LogP contribution in [0.5, 0.6) is 0 Å².